The van der Waals surface area contributed by atoms with E-state index in [1.54, 1.807) is 6.92 Å². The Bertz CT molecular complexity index is 998. The second-order valence-electron chi connectivity index (χ2n) is 8.68. The third kappa shape index (κ3) is 5.73. The fourth-order valence-corrected chi connectivity index (χ4v) is 4.87. The van der Waals surface area contributed by atoms with Crippen LogP contribution < -0.4 is 10.6 Å². The number of carbonyl (C=O) groups excluding carboxylic acids is 2. The van der Waals surface area contributed by atoms with Crippen molar-refractivity contribution < 1.29 is 24.2 Å². The van der Waals surface area contributed by atoms with Crippen LogP contribution in [0.4, 0.5) is 4.79 Å². The van der Waals surface area contributed by atoms with Crippen molar-refractivity contribution in [2.75, 3.05) is 18.6 Å². The minimum absolute atomic E-state index is 0.0904. The van der Waals surface area contributed by atoms with Gasteiger partial charge in [-0.2, -0.15) is 11.8 Å². The summed E-state index contributed by atoms with van der Waals surface area (Å²) in [5, 5.41) is 14.7. The predicted octanol–water partition coefficient (Wildman–Crippen LogP) is 4.41. The number of thioether (sulfide) groups is 1. The number of nitrogens with one attached hydrogen (secondary N) is 2. The molecule has 1 aliphatic carbocycles. The topological polar surface area (TPSA) is 105 Å². The number of carboxylic acids is 1. The normalized spacial score (nSPS) is 14.9. The van der Waals surface area contributed by atoms with Crippen molar-refractivity contribution in [2.45, 2.75) is 50.6 Å². The summed E-state index contributed by atoms with van der Waals surface area (Å²) in [5.41, 5.74) is 3.18. The van der Waals surface area contributed by atoms with Crippen molar-refractivity contribution in [3.63, 3.8) is 0 Å². The summed E-state index contributed by atoms with van der Waals surface area (Å²) in [6.45, 7) is 3.63. The second kappa shape index (κ2) is 11.4. The second-order valence-corrected chi connectivity index (χ2v) is 9.66. The molecule has 2 amide bonds. The molecule has 7 nitrogen and oxygen atoms in total. The van der Waals surface area contributed by atoms with Crippen molar-refractivity contribution in [3.05, 3.63) is 59.7 Å². The van der Waals surface area contributed by atoms with E-state index in [0.29, 0.717) is 25.0 Å². The number of fused-ring (bicyclic) bond motifs is 3. The smallest absolute Gasteiger partial charge is 0.408 e. The van der Waals surface area contributed by atoms with Crippen molar-refractivity contribution in [1.82, 2.24) is 10.6 Å². The zero-order valence-electron chi connectivity index (χ0n) is 19.8. The van der Waals surface area contributed by atoms with E-state index < -0.39 is 29.6 Å². The highest BCUT2D eigenvalue weighted by Gasteiger charge is 2.37. The van der Waals surface area contributed by atoms with Crippen LogP contribution in [0.5, 0.6) is 0 Å². The molecular weight excluding hydrogens is 452 g/mol. The van der Waals surface area contributed by atoms with Crippen LogP contribution in [-0.2, 0) is 14.3 Å². The number of alkyl carbamates (subject to hydrolysis) is 1. The van der Waals surface area contributed by atoms with Crippen molar-refractivity contribution in [2.24, 2.45) is 0 Å². The van der Waals surface area contributed by atoms with Gasteiger partial charge in [0.05, 0.1) is 0 Å². The molecule has 0 heterocycles. The summed E-state index contributed by atoms with van der Waals surface area (Å²) in [4.78, 5) is 37.3. The molecule has 0 fully saturated rings. The summed E-state index contributed by atoms with van der Waals surface area (Å²) in [7, 11) is 0. The number of hydrogen-bond acceptors (Lipinski definition) is 5. The van der Waals surface area contributed by atoms with E-state index >= 15 is 0 Å². The first-order chi connectivity index (χ1) is 16.3. The average Bonchev–Trinajstić information content (AvgIpc) is 3.14. The Labute approximate surface area is 204 Å². The maximum atomic E-state index is 13.0. The van der Waals surface area contributed by atoms with Gasteiger partial charge in [-0.3, -0.25) is 4.79 Å². The van der Waals surface area contributed by atoms with Gasteiger partial charge in [0.2, 0.25) is 5.91 Å². The largest absolute Gasteiger partial charge is 0.480 e. The summed E-state index contributed by atoms with van der Waals surface area (Å²) in [6, 6.07) is 15.1. The van der Waals surface area contributed by atoms with E-state index in [1.165, 1.54) is 11.8 Å². The standard InChI is InChI=1S/C26H32N2O5S/c1-4-14-26(2,24(31)27-22(23(29)30)13-15-34-3)28-25(32)33-16-21-19-11-7-5-9-17(19)18-10-6-8-12-20(18)21/h5-12,21-22H,4,13-16H2,1-3H3,(H,27,31)(H,28,32)(H,29,30). The zero-order valence-corrected chi connectivity index (χ0v) is 20.6. The van der Waals surface area contributed by atoms with Crippen LogP contribution in [0.15, 0.2) is 48.5 Å². The Morgan fingerprint density at radius 2 is 1.68 bits per heavy atom. The van der Waals surface area contributed by atoms with E-state index in [4.69, 9.17) is 4.74 Å². The van der Waals surface area contributed by atoms with Crippen LogP contribution in [0.2, 0.25) is 0 Å². The van der Waals surface area contributed by atoms with Crippen LogP contribution in [-0.4, -0.2) is 53.3 Å². The van der Waals surface area contributed by atoms with E-state index in [9.17, 15) is 19.5 Å². The zero-order chi connectivity index (χ0) is 24.7. The van der Waals surface area contributed by atoms with E-state index in [-0.39, 0.29) is 12.5 Å². The Kier molecular flexibility index (Phi) is 8.61. The van der Waals surface area contributed by atoms with Gasteiger partial charge >= 0.3 is 12.1 Å². The van der Waals surface area contributed by atoms with Gasteiger partial charge < -0.3 is 20.5 Å². The first-order valence-corrected chi connectivity index (χ1v) is 12.9. The number of benzene rings is 2. The van der Waals surface area contributed by atoms with E-state index in [0.717, 1.165) is 22.3 Å². The van der Waals surface area contributed by atoms with Crippen LogP contribution in [0.25, 0.3) is 11.1 Å². The Balaban J connectivity index is 1.68. The Morgan fingerprint density at radius 1 is 1.09 bits per heavy atom. The lowest BCUT2D eigenvalue weighted by Gasteiger charge is -2.30. The van der Waals surface area contributed by atoms with Crippen LogP contribution in [0.3, 0.4) is 0 Å². The van der Waals surface area contributed by atoms with Crippen LogP contribution in [0, 0.1) is 0 Å². The molecule has 34 heavy (non-hydrogen) atoms. The summed E-state index contributed by atoms with van der Waals surface area (Å²) in [6.07, 6.45) is 2.44. The molecule has 3 N–H and O–H groups in total. The number of carbonyl (C=O) groups is 3. The lowest BCUT2D eigenvalue weighted by atomic mass is 9.94. The third-order valence-electron chi connectivity index (χ3n) is 6.19. The molecule has 2 aromatic rings. The van der Waals surface area contributed by atoms with Gasteiger partial charge in [-0.25, -0.2) is 9.59 Å². The Hall–Kier alpha value is -3.00. The highest BCUT2D eigenvalue weighted by atomic mass is 32.2. The van der Waals surface area contributed by atoms with Crippen LogP contribution >= 0.6 is 11.8 Å². The van der Waals surface area contributed by atoms with Gasteiger partial charge in [0, 0.05) is 5.92 Å². The van der Waals surface area contributed by atoms with Crippen LogP contribution in [0.1, 0.15) is 50.2 Å². The summed E-state index contributed by atoms with van der Waals surface area (Å²) < 4.78 is 5.60. The summed E-state index contributed by atoms with van der Waals surface area (Å²) in [5.74, 6) is -1.12. The molecule has 182 valence electrons. The molecule has 0 radical (unpaired) electrons. The lowest BCUT2D eigenvalue weighted by Crippen LogP contribution is -2.59. The number of hydrogen-bond donors (Lipinski definition) is 3. The Morgan fingerprint density at radius 3 is 2.21 bits per heavy atom. The molecule has 0 aliphatic heterocycles. The van der Waals surface area contributed by atoms with Gasteiger partial charge in [0.1, 0.15) is 18.2 Å². The number of rotatable bonds is 11. The minimum atomic E-state index is -1.29. The molecule has 2 unspecified atom stereocenters. The van der Waals surface area contributed by atoms with Crippen molar-refractivity contribution in [3.8, 4) is 11.1 Å². The number of aliphatic carboxylic acids is 1. The van der Waals surface area contributed by atoms with Gasteiger partial charge in [0.25, 0.3) is 0 Å². The van der Waals surface area contributed by atoms with Gasteiger partial charge in [-0.1, -0.05) is 61.9 Å². The van der Waals surface area contributed by atoms with Gasteiger partial charge in [-0.15, -0.1) is 0 Å². The molecular formula is C26H32N2O5S. The maximum absolute atomic E-state index is 13.0. The first kappa shape index (κ1) is 25.6. The monoisotopic (exact) mass is 484 g/mol. The predicted molar refractivity (Wildman–Crippen MR) is 134 cm³/mol. The molecule has 0 bridgehead atoms. The molecule has 3 rings (SSSR count). The summed E-state index contributed by atoms with van der Waals surface area (Å²) >= 11 is 1.51. The van der Waals surface area contributed by atoms with Gasteiger partial charge in [-0.05, 0) is 54.0 Å². The third-order valence-corrected chi connectivity index (χ3v) is 6.83. The number of amides is 2. The highest BCUT2D eigenvalue weighted by molar-refractivity contribution is 7.98. The molecule has 2 aromatic carbocycles. The quantitative estimate of drug-likeness (QED) is 0.437. The fraction of sp³-hybridized carbons (Fsp3) is 0.423. The SMILES string of the molecule is CCCC(C)(NC(=O)OCC1c2ccccc2-c2ccccc21)C(=O)NC(CCSC)C(=O)O. The molecule has 0 spiro atoms. The number of ether oxygens (including phenoxy) is 1. The molecule has 0 saturated heterocycles. The van der Waals surface area contributed by atoms with E-state index in [1.807, 2.05) is 49.6 Å². The molecule has 8 heteroatoms. The number of carboxylic acid groups (broad SMARTS) is 1. The van der Waals surface area contributed by atoms with E-state index in [2.05, 4.69) is 22.8 Å². The maximum Gasteiger partial charge on any atom is 0.408 e. The lowest BCUT2D eigenvalue weighted by molar-refractivity contribution is -0.142. The fourth-order valence-electron chi connectivity index (χ4n) is 4.40. The molecule has 0 saturated carbocycles. The van der Waals surface area contributed by atoms with Crippen molar-refractivity contribution >= 4 is 29.7 Å². The van der Waals surface area contributed by atoms with Gasteiger partial charge in [0.15, 0.2) is 0 Å². The molecule has 1 aliphatic rings. The van der Waals surface area contributed by atoms with Crippen molar-refractivity contribution in [1.29, 1.82) is 0 Å². The molecule has 0 aromatic heterocycles. The minimum Gasteiger partial charge on any atom is -0.480 e. The first-order valence-electron chi connectivity index (χ1n) is 11.5. The molecule has 2 atom stereocenters. The highest BCUT2D eigenvalue weighted by Crippen LogP contribution is 2.44. The average molecular weight is 485 g/mol.